The monoisotopic (exact) mass is 323 g/mol. The van der Waals surface area contributed by atoms with E-state index in [9.17, 15) is 13.2 Å². The molecule has 1 nitrogen and oxygen atoms in total. The second-order valence-corrected chi connectivity index (χ2v) is 5.89. The van der Waals surface area contributed by atoms with Gasteiger partial charge >= 0.3 is 13.0 Å². The molecule has 0 bridgehead atoms. The van der Waals surface area contributed by atoms with Gasteiger partial charge in [-0.2, -0.15) is 13.2 Å². The maximum Gasteiger partial charge on any atom is 0.416 e. The number of hydrogen-bond donors (Lipinski definition) is 1. The average Bonchev–Trinajstić information content (AvgIpc) is 2.59. The molecule has 0 fully saturated rings. The van der Waals surface area contributed by atoms with Gasteiger partial charge in [0, 0.05) is 5.69 Å². The van der Waals surface area contributed by atoms with Crippen molar-refractivity contribution in [3.63, 3.8) is 0 Å². The predicted octanol–water partition coefficient (Wildman–Crippen LogP) is 4.74. The zero-order chi connectivity index (χ0) is 16.7. The lowest BCUT2D eigenvalue weighted by Crippen LogP contribution is -2.38. The summed E-state index contributed by atoms with van der Waals surface area (Å²) in [6.07, 6.45) is -2.29. The quantitative estimate of drug-likeness (QED) is 0.638. The first kappa shape index (κ1) is 14.9. The summed E-state index contributed by atoms with van der Waals surface area (Å²) in [5, 5.41) is 5.69. The van der Waals surface area contributed by atoms with Crippen molar-refractivity contribution in [3.05, 3.63) is 77.8 Å². The molecule has 1 heterocycles. The van der Waals surface area contributed by atoms with Crippen molar-refractivity contribution in [1.29, 1.82) is 0 Å². The molecular formula is C19H13BF3N. The lowest BCUT2D eigenvalue weighted by Gasteiger charge is -2.21. The van der Waals surface area contributed by atoms with Crippen LogP contribution in [-0.4, -0.2) is 6.85 Å². The van der Waals surface area contributed by atoms with Crippen molar-refractivity contribution in [1.82, 2.24) is 0 Å². The Morgan fingerprint density at radius 3 is 2.17 bits per heavy atom. The number of benzene rings is 3. The summed E-state index contributed by atoms with van der Waals surface area (Å²) < 4.78 is 38.0. The highest BCUT2D eigenvalue weighted by molar-refractivity contribution is 6.81. The van der Waals surface area contributed by atoms with Crippen molar-refractivity contribution < 1.29 is 13.2 Å². The fraction of sp³-hybridized carbons (Fsp3) is 0.0526. The first-order chi connectivity index (χ1) is 11.5. The van der Waals surface area contributed by atoms with Gasteiger partial charge in [-0.15, -0.1) is 0 Å². The molecule has 1 aliphatic heterocycles. The van der Waals surface area contributed by atoms with E-state index in [1.54, 1.807) is 0 Å². The molecule has 3 aromatic rings. The molecule has 118 valence electrons. The molecule has 0 unspecified atom stereocenters. The van der Waals surface area contributed by atoms with E-state index in [2.05, 4.69) is 23.4 Å². The van der Waals surface area contributed by atoms with Gasteiger partial charge in [-0.25, -0.2) is 0 Å². The van der Waals surface area contributed by atoms with Gasteiger partial charge in [0.2, 0.25) is 0 Å². The molecule has 0 radical (unpaired) electrons. The third kappa shape index (κ3) is 2.66. The van der Waals surface area contributed by atoms with E-state index in [0.29, 0.717) is 0 Å². The van der Waals surface area contributed by atoms with Gasteiger partial charge < -0.3 is 5.23 Å². The van der Waals surface area contributed by atoms with Crippen LogP contribution < -0.4 is 10.7 Å². The Morgan fingerprint density at radius 2 is 1.50 bits per heavy atom. The maximum atomic E-state index is 12.7. The van der Waals surface area contributed by atoms with Crippen molar-refractivity contribution in [2.45, 2.75) is 6.18 Å². The smallest absolute Gasteiger partial charge is 0.416 e. The van der Waals surface area contributed by atoms with Gasteiger partial charge in [-0.05, 0) is 28.5 Å². The molecule has 0 atom stereocenters. The zero-order valence-corrected chi connectivity index (χ0v) is 12.6. The summed E-state index contributed by atoms with van der Waals surface area (Å²) in [6.45, 7) is -0.138. The SMILES string of the molecule is FC(F)(F)c1ccc(B2C=Cc3cc4ccccc4cc3N2)cc1. The van der Waals surface area contributed by atoms with Crippen LogP contribution in [0.3, 0.4) is 0 Å². The van der Waals surface area contributed by atoms with Crippen LogP contribution in [0.4, 0.5) is 18.9 Å². The van der Waals surface area contributed by atoms with E-state index in [-0.39, 0.29) is 6.85 Å². The third-order valence-electron chi connectivity index (χ3n) is 4.29. The van der Waals surface area contributed by atoms with Gasteiger partial charge in [0.1, 0.15) is 0 Å². The highest BCUT2D eigenvalue weighted by Gasteiger charge is 2.30. The Hall–Kier alpha value is -2.69. The van der Waals surface area contributed by atoms with Crippen molar-refractivity contribution >= 4 is 34.8 Å². The second kappa shape index (κ2) is 5.44. The summed E-state index contributed by atoms with van der Waals surface area (Å²) in [5.41, 5.74) is 2.24. The van der Waals surface area contributed by atoms with Crippen LogP contribution in [0.2, 0.25) is 0 Å². The lowest BCUT2D eigenvalue weighted by atomic mass is 9.54. The van der Waals surface area contributed by atoms with Gasteiger partial charge in [0.15, 0.2) is 0 Å². The normalized spacial score (nSPS) is 13.7. The Balaban J connectivity index is 1.66. The van der Waals surface area contributed by atoms with Crippen LogP contribution in [0.15, 0.2) is 66.6 Å². The molecular weight excluding hydrogens is 310 g/mol. The number of hydrogen-bond acceptors (Lipinski definition) is 1. The molecule has 4 rings (SSSR count). The van der Waals surface area contributed by atoms with Gasteiger partial charge in [-0.3, -0.25) is 0 Å². The predicted molar refractivity (Wildman–Crippen MR) is 93.4 cm³/mol. The topological polar surface area (TPSA) is 12.0 Å². The van der Waals surface area contributed by atoms with Gasteiger partial charge in [-0.1, -0.05) is 66.0 Å². The van der Waals surface area contributed by atoms with Crippen molar-refractivity contribution in [2.75, 3.05) is 5.23 Å². The first-order valence-electron chi connectivity index (χ1n) is 7.65. The number of nitrogens with one attached hydrogen (secondary N) is 1. The van der Waals surface area contributed by atoms with E-state index < -0.39 is 11.7 Å². The third-order valence-corrected chi connectivity index (χ3v) is 4.29. The molecule has 5 heteroatoms. The maximum absolute atomic E-state index is 12.7. The fourth-order valence-corrected chi connectivity index (χ4v) is 3.01. The largest absolute Gasteiger partial charge is 0.420 e. The Morgan fingerprint density at radius 1 is 0.833 bits per heavy atom. The van der Waals surface area contributed by atoms with E-state index in [1.165, 1.54) is 12.1 Å². The standard InChI is InChI=1S/C19H13BF3N/c21-19(22,23)16-5-7-17(8-6-16)20-10-9-15-11-13-3-1-2-4-14(13)12-18(15)24-20/h1-12,24H. The number of halogens is 3. The molecule has 0 amide bonds. The Bertz CT molecular complexity index is 929. The van der Waals surface area contributed by atoms with Crippen molar-refractivity contribution in [2.24, 2.45) is 0 Å². The molecule has 0 saturated carbocycles. The van der Waals surface area contributed by atoms with Gasteiger partial charge in [0.05, 0.1) is 5.56 Å². The molecule has 0 aromatic heterocycles. The minimum Gasteiger partial charge on any atom is -0.420 e. The van der Waals surface area contributed by atoms with Crippen LogP contribution in [0, 0.1) is 0 Å². The van der Waals surface area contributed by atoms with E-state index >= 15 is 0 Å². The minimum atomic E-state index is -4.31. The van der Waals surface area contributed by atoms with E-state index in [1.807, 2.05) is 30.3 Å². The van der Waals surface area contributed by atoms with Crippen LogP contribution in [0.1, 0.15) is 11.1 Å². The molecule has 0 saturated heterocycles. The summed E-state index contributed by atoms with van der Waals surface area (Å²) in [6, 6.07) is 17.6. The van der Waals surface area contributed by atoms with Gasteiger partial charge in [0.25, 0.3) is 0 Å². The Kier molecular flexibility index (Phi) is 3.37. The highest BCUT2D eigenvalue weighted by atomic mass is 19.4. The molecule has 3 aromatic carbocycles. The fourth-order valence-electron chi connectivity index (χ4n) is 3.01. The zero-order valence-electron chi connectivity index (χ0n) is 12.6. The van der Waals surface area contributed by atoms with Crippen LogP contribution in [0.5, 0.6) is 0 Å². The van der Waals surface area contributed by atoms with Crippen LogP contribution in [0.25, 0.3) is 16.8 Å². The molecule has 0 aliphatic carbocycles. The van der Waals surface area contributed by atoms with Crippen LogP contribution >= 0.6 is 0 Å². The van der Waals surface area contributed by atoms with E-state index in [4.69, 9.17) is 0 Å². The molecule has 1 N–H and O–H groups in total. The molecule has 1 aliphatic rings. The number of alkyl halides is 3. The molecule has 0 spiro atoms. The Labute approximate surface area is 137 Å². The summed E-state index contributed by atoms with van der Waals surface area (Å²) >= 11 is 0. The van der Waals surface area contributed by atoms with Crippen molar-refractivity contribution in [3.8, 4) is 0 Å². The number of anilines is 1. The first-order valence-corrected chi connectivity index (χ1v) is 7.65. The van der Waals surface area contributed by atoms with E-state index in [0.717, 1.165) is 39.6 Å². The van der Waals surface area contributed by atoms with Crippen LogP contribution in [-0.2, 0) is 6.18 Å². The summed E-state index contributed by atoms with van der Waals surface area (Å²) in [7, 11) is 0. The number of fused-ring (bicyclic) bond motifs is 2. The highest BCUT2D eigenvalue weighted by Crippen LogP contribution is 2.30. The second-order valence-electron chi connectivity index (χ2n) is 5.89. The average molecular weight is 323 g/mol. The lowest BCUT2D eigenvalue weighted by molar-refractivity contribution is -0.137. The molecule has 24 heavy (non-hydrogen) atoms. The number of rotatable bonds is 1. The summed E-state index contributed by atoms with van der Waals surface area (Å²) in [4.78, 5) is 0. The summed E-state index contributed by atoms with van der Waals surface area (Å²) in [5.74, 6) is 1.97. The minimum absolute atomic E-state index is 0.138.